The van der Waals surface area contributed by atoms with Gasteiger partial charge in [-0.15, -0.1) is 0 Å². The molecule has 1 aliphatic rings. The number of aromatic carboxylic acids is 1. The number of aromatic nitrogens is 1. The molecule has 0 bridgehead atoms. The molecule has 2 aromatic carbocycles. The Balaban J connectivity index is 1.70. The molecule has 1 aliphatic heterocycles. The average Bonchev–Trinajstić information content (AvgIpc) is 3.00. The maximum Gasteiger partial charge on any atom is 0.338 e. The molecule has 1 aromatic heterocycles. The van der Waals surface area contributed by atoms with Crippen molar-refractivity contribution in [1.82, 2.24) is 9.47 Å². The number of hydrogen-bond acceptors (Lipinski definition) is 2. The fraction of sp³-hybridized carbons (Fsp3) is 0.375. The number of carboxylic acid groups (broad SMARTS) is 1. The Morgan fingerprint density at radius 1 is 1.17 bits per heavy atom. The third-order valence-corrected chi connectivity index (χ3v) is 6.62. The molecule has 0 spiro atoms. The minimum absolute atomic E-state index is 0.171. The van der Waals surface area contributed by atoms with Gasteiger partial charge in [0, 0.05) is 28.7 Å². The number of carbonyl (C=O) groups is 1. The fourth-order valence-electron chi connectivity index (χ4n) is 5.02. The summed E-state index contributed by atoms with van der Waals surface area (Å²) in [5.41, 5.74) is 3.32. The summed E-state index contributed by atoms with van der Waals surface area (Å²) in [6, 6.07) is 15.0. The van der Waals surface area contributed by atoms with Crippen molar-refractivity contribution in [3.63, 3.8) is 0 Å². The van der Waals surface area contributed by atoms with Crippen LogP contribution in [0.25, 0.3) is 10.9 Å². The van der Waals surface area contributed by atoms with Crippen LogP contribution in [0.15, 0.2) is 48.5 Å². The number of hydrogen-bond donors (Lipinski definition) is 1. The van der Waals surface area contributed by atoms with E-state index >= 15 is 0 Å². The molecule has 0 aliphatic carbocycles. The van der Waals surface area contributed by atoms with Crippen LogP contribution in [-0.4, -0.2) is 34.1 Å². The SMILES string of the molecule is Cc1c(C(=O)O)c2ccccc2n1C(C)C1CCN(C)C(c2ccc(F)cc2)C1. The van der Waals surface area contributed by atoms with Crippen molar-refractivity contribution in [3.8, 4) is 0 Å². The van der Waals surface area contributed by atoms with Crippen LogP contribution in [0.3, 0.4) is 0 Å². The summed E-state index contributed by atoms with van der Waals surface area (Å²) in [7, 11) is 2.12. The van der Waals surface area contributed by atoms with Crippen LogP contribution < -0.4 is 0 Å². The van der Waals surface area contributed by atoms with Crippen LogP contribution in [0.5, 0.6) is 0 Å². The molecule has 29 heavy (non-hydrogen) atoms. The molecule has 0 radical (unpaired) electrons. The Kier molecular flexibility index (Phi) is 5.17. The Hall–Kier alpha value is -2.66. The molecule has 152 valence electrons. The number of piperidine rings is 1. The highest BCUT2D eigenvalue weighted by Crippen LogP contribution is 2.41. The van der Waals surface area contributed by atoms with Gasteiger partial charge in [-0.1, -0.05) is 30.3 Å². The maximum absolute atomic E-state index is 13.4. The van der Waals surface area contributed by atoms with Crippen molar-refractivity contribution in [2.75, 3.05) is 13.6 Å². The number of carboxylic acids is 1. The lowest BCUT2D eigenvalue weighted by Gasteiger charge is -2.40. The minimum Gasteiger partial charge on any atom is -0.478 e. The van der Waals surface area contributed by atoms with E-state index in [4.69, 9.17) is 0 Å². The number of nitrogens with zero attached hydrogens (tertiary/aromatic N) is 2. The quantitative estimate of drug-likeness (QED) is 0.642. The maximum atomic E-state index is 13.4. The number of rotatable bonds is 4. The van der Waals surface area contributed by atoms with E-state index in [9.17, 15) is 14.3 Å². The van der Waals surface area contributed by atoms with Gasteiger partial charge in [0.1, 0.15) is 5.82 Å². The molecule has 5 heteroatoms. The lowest BCUT2D eigenvalue weighted by atomic mass is 9.83. The van der Waals surface area contributed by atoms with Gasteiger partial charge in [0.25, 0.3) is 0 Å². The second kappa shape index (κ2) is 7.64. The first kappa shape index (κ1) is 19.6. The second-order valence-corrected chi connectivity index (χ2v) is 8.23. The van der Waals surface area contributed by atoms with Crippen LogP contribution >= 0.6 is 0 Å². The van der Waals surface area contributed by atoms with E-state index in [0.717, 1.165) is 41.5 Å². The van der Waals surface area contributed by atoms with Gasteiger partial charge in [-0.05, 0) is 70.0 Å². The normalized spacial score (nSPS) is 21.4. The van der Waals surface area contributed by atoms with E-state index in [1.165, 1.54) is 12.1 Å². The molecule has 3 aromatic rings. The Bertz CT molecular complexity index is 1040. The predicted octanol–water partition coefficient (Wildman–Crippen LogP) is 5.43. The van der Waals surface area contributed by atoms with Crippen molar-refractivity contribution in [2.45, 2.75) is 38.8 Å². The van der Waals surface area contributed by atoms with Crippen molar-refractivity contribution in [3.05, 3.63) is 71.2 Å². The lowest BCUT2D eigenvalue weighted by molar-refractivity contribution is 0.0697. The van der Waals surface area contributed by atoms with Crippen LogP contribution in [0, 0.1) is 18.7 Å². The van der Waals surface area contributed by atoms with Crippen LogP contribution in [0.4, 0.5) is 4.39 Å². The third kappa shape index (κ3) is 3.44. The smallest absolute Gasteiger partial charge is 0.338 e. The van der Waals surface area contributed by atoms with Gasteiger partial charge < -0.3 is 9.67 Å². The number of benzene rings is 2. The van der Waals surface area contributed by atoms with Gasteiger partial charge >= 0.3 is 5.97 Å². The highest BCUT2D eigenvalue weighted by molar-refractivity contribution is 6.05. The standard InChI is InChI=1S/C24H27FN2O2/c1-15(27-16(2)23(24(28)29)20-6-4-5-7-21(20)27)18-12-13-26(3)22(14-18)17-8-10-19(25)11-9-17/h4-11,15,18,22H,12-14H2,1-3H3,(H,28,29). The van der Waals surface area contributed by atoms with E-state index < -0.39 is 5.97 Å². The average molecular weight is 394 g/mol. The van der Waals surface area contributed by atoms with Gasteiger partial charge in [-0.2, -0.15) is 0 Å². The molecule has 2 heterocycles. The number of para-hydroxylation sites is 1. The van der Waals surface area contributed by atoms with Crippen LogP contribution in [-0.2, 0) is 0 Å². The van der Waals surface area contributed by atoms with Crippen LogP contribution in [0.2, 0.25) is 0 Å². The first-order valence-electron chi connectivity index (χ1n) is 10.2. The van der Waals surface area contributed by atoms with Crippen molar-refractivity contribution in [1.29, 1.82) is 0 Å². The minimum atomic E-state index is -0.878. The van der Waals surface area contributed by atoms with Gasteiger partial charge in [0.05, 0.1) is 5.56 Å². The molecule has 3 atom stereocenters. The molecular weight excluding hydrogens is 367 g/mol. The summed E-state index contributed by atoms with van der Waals surface area (Å²) in [6.45, 7) is 5.07. The first-order chi connectivity index (χ1) is 13.9. The van der Waals surface area contributed by atoms with Gasteiger partial charge in [-0.25, -0.2) is 9.18 Å². The molecular formula is C24H27FN2O2. The highest BCUT2D eigenvalue weighted by Gasteiger charge is 2.33. The number of halogens is 1. The first-order valence-corrected chi connectivity index (χ1v) is 10.2. The van der Waals surface area contributed by atoms with E-state index in [-0.39, 0.29) is 17.9 Å². The van der Waals surface area contributed by atoms with Gasteiger partial charge in [0.2, 0.25) is 0 Å². The topological polar surface area (TPSA) is 45.5 Å². The van der Waals surface area contributed by atoms with Crippen molar-refractivity contribution < 1.29 is 14.3 Å². The molecule has 4 nitrogen and oxygen atoms in total. The molecule has 4 rings (SSSR count). The summed E-state index contributed by atoms with van der Waals surface area (Å²) in [6.07, 6.45) is 2.00. The number of fused-ring (bicyclic) bond motifs is 1. The summed E-state index contributed by atoms with van der Waals surface area (Å²) in [5, 5.41) is 10.6. The predicted molar refractivity (Wildman–Crippen MR) is 113 cm³/mol. The molecule has 3 unspecified atom stereocenters. The Morgan fingerprint density at radius 2 is 1.86 bits per heavy atom. The summed E-state index contributed by atoms with van der Waals surface area (Å²) in [4.78, 5) is 14.2. The van der Waals surface area contributed by atoms with E-state index in [1.54, 1.807) is 0 Å². The molecule has 1 N–H and O–H groups in total. The van der Waals surface area contributed by atoms with Gasteiger partial charge in [0.15, 0.2) is 0 Å². The lowest BCUT2D eigenvalue weighted by Crippen LogP contribution is -2.36. The Morgan fingerprint density at radius 3 is 2.55 bits per heavy atom. The van der Waals surface area contributed by atoms with Crippen molar-refractivity contribution in [2.24, 2.45) is 5.92 Å². The fourth-order valence-corrected chi connectivity index (χ4v) is 5.02. The summed E-state index contributed by atoms with van der Waals surface area (Å²) < 4.78 is 15.6. The van der Waals surface area contributed by atoms with Crippen molar-refractivity contribution >= 4 is 16.9 Å². The van der Waals surface area contributed by atoms with E-state index in [1.807, 2.05) is 43.3 Å². The largest absolute Gasteiger partial charge is 0.478 e. The zero-order valence-corrected chi connectivity index (χ0v) is 17.1. The van der Waals surface area contributed by atoms with Gasteiger partial charge in [-0.3, -0.25) is 4.90 Å². The van der Waals surface area contributed by atoms with E-state index in [2.05, 4.69) is 23.4 Å². The zero-order chi connectivity index (χ0) is 20.7. The molecule has 0 saturated carbocycles. The third-order valence-electron chi connectivity index (χ3n) is 6.62. The monoisotopic (exact) mass is 394 g/mol. The molecule has 1 saturated heterocycles. The molecule has 1 fully saturated rings. The summed E-state index contributed by atoms with van der Waals surface area (Å²) >= 11 is 0. The second-order valence-electron chi connectivity index (χ2n) is 8.23. The summed E-state index contributed by atoms with van der Waals surface area (Å²) in [5.74, 6) is -0.692. The van der Waals surface area contributed by atoms with Crippen LogP contribution in [0.1, 0.15) is 53.5 Å². The molecule has 0 amide bonds. The van der Waals surface area contributed by atoms with E-state index in [0.29, 0.717) is 11.5 Å². The Labute approximate surface area is 170 Å². The number of likely N-dealkylation sites (tertiary alicyclic amines) is 1. The highest BCUT2D eigenvalue weighted by atomic mass is 19.1. The zero-order valence-electron chi connectivity index (χ0n) is 17.1.